The van der Waals surface area contributed by atoms with Gasteiger partial charge in [-0.2, -0.15) is 8.42 Å². The van der Waals surface area contributed by atoms with Crippen molar-refractivity contribution >= 4 is 66.6 Å². The van der Waals surface area contributed by atoms with E-state index in [0.717, 1.165) is 26.7 Å². The lowest BCUT2D eigenvalue weighted by Gasteiger charge is -2.14. The molecule has 0 N–H and O–H groups in total. The number of thioether (sulfide) groups is 1. The highest BCUT2D eigenvalue weighted by Gasteiger charge is 2.35. The maximum atomic E-state index is 13.0. The van der Waals surface area contributed by atoms with Gasteiger partial charge in [0.2, 0.25) is 5.75 Å². The number of ether oxygens (including phenoxy) is 1. The maximum absolute atomic E-state index is 13.0. The predicted octanol–water partition coefficient (Wildman–Crippen LogP) is 6.51. The van der Waals surface area contributed by atoms with Crippen molar-refractivity contribution in [1.29, 1.82) is 0 Å². The quantitative estimate of drug-likeness (QED) is 0.213. The molecule has 0 atom stereocenters. The van der Waals surface area contributed by atoms with Crippen molar-refractivity contribution < 1.29 is 26.9 Å². The fourth-order valence-electron chi connectivity index (χ4n) is 3.34. The van der Waals surface area contributed by atoms with Crippen molar-refractivity contribution in [2.45, 2.75) is 18.4 Å². The molecule has 3 aromatic carbocycles. The molecule has 0 aliphatic carbocycles. The Morgan fingerprint density at radius 1 is 1.06 bits per heavy atom. The summed E-state index contributed by atoms with van der Waals surface area (Å²) in [6.45, 7) is 2.06. The number of rotatable bonds is 8. The molecule has 0 saturated carbocycles. The molecular formula is C25H19BrClNO6S2. The van der Waals surface area contributed by atoms with Gasteiger partial charge in [0.05, 0.1) is 23.1 Å². The third-order valence-corrected chi connectivity index (χ3v) is 8.21. The molecule has 3 aromatic rings. The molecule has 0 radical (unpaired) electrons. The summed E-state index contributed by atoms with van der Waals surface area (Å²) in [5.74, 6) is -0.522. The van der Waals surface area contributed by atoms with Crippen LogP contribution in [-0.4, -0.2) is 31.1 Å². The van der Waals surface area contributed by atoms with Gasteiger partial charge in [-0.3, -0.25) is 14.5 Å². The van der Waals surface area contributed by atoms with Gasteiger partial charge >= 0.3 is 10.1 Å². The summed E-state index contributed by atoms with van der Waals surface area (Å²) in [6, 6.07) is 17.9. The highest BCUT2D eigenvalue weighted by Crippen LogP contribution is 2.40. The summed E-state index contributed by atoms with van der Waals surface area (Å²) in [6.07, 6.45) is 1.51. The zero-order chi connectivity index (χ0) is 25.9. The molecule has 2 amide bonds. The zero-order valence-corrected chi connectivity index (χ0v) is 22.8. The minimum Gasteiger partial charge on any atom is -0.490 e. The van der Waals surface area contributed by atoms with E-state index < -0.39 is 21.3 Å². The Morgan fingerprint density at radius 2 is 1.75 bits per heavy atom. The van der Waals surface area contributed by atoms with Crippen LogP contribution in [0.1, 0.15) is 18.1 Å². The van der Waals surface area contributed by atoms with Gasteiger partial charge in [-0.25, -0.2) is 0 Å². The molecule has 0 bridgehead atoms. The molecule has 4 rings (SSSR count). The van der Waals surface area contributed by atoms with E-state index in [1.54, 1.807) is 25.1 Å². The average molecular weight is 609 g/mol. The molecule has 0 unspecified atom stereocenters. The number of hydrogen-bond donors (Lipinski definition) is 0. The minimum atomic E-state index is -4.16. The molecule has 1 aliphatic rings. The van der Waals surface area contributed by atoms with Crippen LogP contribution in [-0.2, 0) is 21.5 Å². The molecule has 1 fully saturated rings. The van der Waals surface area contributed by atoms with E-state index in [1.165, 1.54) is 30.3 Å². The number of nitrogens with zero attached hydrogens (tertiary/aromatic N) is 1. The number of hydrogen-bond acceptors (Lipinski definition) is 7. The van der Waals surface area contributed by atoms with Gasteiger partial charge < -0.3 is 8.92 Å². The Labute approximate surface area is 226 Å². The van der Waals surface area contributed by atoms with Gasteiger partial charge in [0.1, 0.15) is 4.90 Å². The summed E-state index contributed by atoms with van der Waals surface area (Å²) < 4.78 is 37.1. The molecule has 0 spiro atoms. The SMILES string of the molecule is CCOc1cc(/C=C2\SC(=O)N(Cc3ccccc3Br)C2=O)cc(Cl)c1OS(=O)(=O)c1ccccc1. The maximum Gasteiger partial charge on any atom is 0.339 e. The lowest BCUT2D eigenvalue weighted by Crippen LogP contribution is -2.27. The van der Waals surface area contributed by atoms with Crippen LogP contribution < -0.4 is 8.92 Å². The molecule has 1 aliphatic heterocycles. The average Bonchev–Trinajstić information content (AvgIpc) is 3.10. The van der Waals surface area contributed by atoms with Crippen molar-refractivity contribution in [3.05, 3.63) is 92.3 Å². The first-order valence-electron chi connectivity index (χ1n) is 10.6. The van der Waals surface area contributed by atoms with Crippen LogP contribution >= 0.6 is 39.3 Å². The van der Waals surface area contributed by atoms with E-state index in [0.29, 0.717) is 5.56 Å². The largest absolute Gasteiger partial charge is 0.490 e. The Morgan fingerprint density at radius 3 is 2.44 bits per heavy atom. The first kappa shape index (κ1) is 26.3. The number of benzene rings is 3. The topological polar surface area (TPSA) is 90.0 Å². The normalized spacial score (nSPS) is 15.0. The molecular weight excluding hydrogens is 590 g/mol. The Balaban J connectivity index is 1.63. The van der Waals surface area contributed by atoms with E-state index >= 15 is 0 Å². The van der Waals surface area contributed by atoms with Gasteiger partial charge in [0, 0.05) is 4.47 Å². The van der Waals surface area contributed by atoms with E-state index in [-0.39, 0.29) is 39.5 Å². The fraction of sp³-hybridized carbons (Fsp3) is 0.120. The standard InChI is InChI=1S/C25H19BrClNO6S2/c1-2-33-21-13-16(12-20(27)23(21)34-36(31,32)18-9-4-3-5-10-18)14-22-24(29)28(25(30)35-22)15-17-8-6-7-11-19(17)26/h3-14H,2,15H2,1H3/b22-14-. The van der Waals surface area contributed by atoms with Crippen molar-refractivity contribution in [3.8, 4) is 11.5 Å². The van der Waals surface area contributed by atoms with Crippen molar-refractivity contribution in [2.24, 2.45) is 0 Å². The van der Waals surface area contributed by atoms with E-state index in [4.69, 9.17) is 20.5 Å². The number of carbonyl (C=O) groups excluding carboxylic acids is 2. The van der Waals surface area contributed by atoms with Crippen LogP contribution in [0.15, 0.2) is 81.0 Å². The number of carbonyl (C=O) groups is 2. The van der Waals surface area contributed by atoms with Gasteiger partial charge in [0.25, 0.3) is 11.1 Å². The predicted molar refractivity (Wildman–Crippen MR) is 143 cm³/mol. The van der Waals surface area contributed by atoms with E-state index in [1.807, 2.05) is 24.3 Å². The molecule has 7 nitrogen and oxygen atoms in total. The minimum absolute atomic E-state index is 0.0286. The monoisotopic (exact) mass is 607 g/mol. The Kier molecular flexibility index (Phi) is 8.09. The van der Waals surface area contributed by atoms with Gasteiger partial charge in [-0.05, 0) is 66.2 Å². The van der Waals surface area contributed by atoms with Crippen LogP contribution in [0.5, 0.6) is 11.5 Å². The lowest BCUT2D eigenvalue weighted by molar-refractivity contribution is -0.123. The number of imide groups is 1. The van der Waals surface area contributed by atoms with Crippen LogP contribution in [0.4, 0.5) is 4.79 Å². The third kappa shape index (κ3) is 5.78. The van der Waals surface area contributed by atoms with Crippen LogP contribution in [0.3, 0.4) is 0 Å². The van der Waals surface area contributed by atoms with E-state index in [2.05, 4.69) is 15.9 Å². The summed E-state index contributed by atoms with van der Waals surface area (Å²) >= 11 is 10.6. The third-order valence-electron chi connectivity index (χ3n) is 5.01. The highest BCUT2D eigenvalue weighted by atomic mass is 79.9. The molecule has 1 saturated heterocycles. The molecule has 186 valence electrons. The first-order chi connectivity index (χ1) is 17.2. The van der Waals surface area contributed by atoms with Crippen molar-refractivity contribution in [3.63, 3.8) is 0 Å². The highest BCUT2D eigenvalue weighted by molar-refractivity contribution is 9.10. The van der Waals surface area contributed by atoms with Crippen LogP contribution in [0, 0.1) is 0 Å². The van der Waals surface area contributed by atoms with Crippen molar-refractivity contribution in [1.82, 2.24) is 4.90 Å². The summed E-state index contributed by atoms with van der Waals surface area (Å²) in [5.41, 5.74) is 1.24. The van der Waals surface area contributed by atoms with Gasteiger partial charge in [-0.1, -0.05) is 63.9 Å². The summed E-state index contributed by atoms with van der Waals surface area (Å²) in [4.78, 5) is 26.9. The Hall–Kier alpha value is -2.79. The second-order valence-electron chi connectivity index (χ2n) is 7.47. The van der Waals surface area contributed by atoms with Gasteiger partial charge in [-0.15, -0.1) is 0 Å². The fourth-order valence-corrected chi connectivity index (χ4v) is 5.87. The van der Waals surface area contributed by atoms with Crippen LogP contribution in [0.25, 0.3) is 6.08 Å². The molecule has 11 heteroatoms. The smallest absolute Gasteiger partial charge is 0.339 e. The summed E-state index contributed by atoms with van der Waals surface area (Å²) in [5, 5.41) is -0.425. The second-order valence-corrected chi connectivity index (χ2v) is 11.3. The lowest BCUT2D eigenvalue weighted by atomic mass is 10.1. The van der Waals surface area contributed by atoms with Crippen molar-refractivity contribution in [2.75, 3.05) is 6.61 Å². The first-order valence-corrected chi connectivity index (χ1v) is 14.0. The number of halogens is 2. The molecule has 36 heavy (non-hydrogen) atoms. The molecule has 1 heterocycles. The van der Waals surface area contributed by atoms with Crippen LogP contribution in [0.2, 0.25) is 5.02 Å². The zero-order valence-electron chi connectivity index (χ0n) is 18.8. The number of amides is 2. The second kappa shape index (κ2) is 11.1. The molecule has 0 aromatic heterocycles. The summed E-state index contributed by atoms with van der Waals surface area (Å²) in [7, 11) is -4.16. The Bertz CT molecular complexity index is 1460. The van der Waals surface area contributed by atoms with E-state index in [9.17, 15) is 18.0 Å². The van der Waals surface area contributed by atoms with Gasteiger partial charge in [0.15, 0.2) is 5.75 Å².